The van der Waals surface area contributed by atoms with Gasteiger partial charge in [0.25, 0.3) is 5.91 Å². The van der Waals surface area contributed by atoms with E-state index in [4.69, 9.17) is 16.0 Å². The number of halogens is 2. The number of carbonyl (C=O) groups is 1. The molecule has 0 aliphatic rings. The van der Waals surface area contributed by atoms with E-state index in [1.165, 1.54) is 0 Å². The van der Waals surface area contributed by atoms with Crippen molar-refractivity contribution in [1.29, 1.82) is 0 Å². The molecule has 0 radical (unpaired) electrons. The van der Waals surface area contributed by atoms with Crippen LogP contribution in [0.3, 0.4) is 0 Å². The average molecular weight is 343 g/mol. The van der Waals surface area contributed by atoms with E-state index in [1.807, 2.05) is 19.1 Å². The quantitative estimate of drug-likeness (QED) is 0.910. The van der Waals surface area contributed by atoms with E-state index in [0.29, 0.717) is 21.5 Å². The van der Waals surface area contributed by atoms with Crippen LogP contribution in [0.1, 0.15) is 23.0 Å². The summed E-state index contributed by atoms with van der Waals surface area (Å²) in [7, 11) is 0. The van der Waals surface area contributed by atoms with E-state index in [0.717, 1.165) is 5.76 Å². The third-order valence-electron chi connectivity index (χ3n) is 2.66. The SMILES string of the molecule is CC(Cc1ccco1)NC(=O)c1cccc(Br)c1Cl. The van der Waals surface area contributed by atoms with Crippen LogP contribution in [-0.4, -0.2) is 11.9 Å². The van der Waals surface area contributed by atoms with E-state index >= 15 is 0 Å². The summed E-state index contributed by atoms with van der Waals surface area (Å²) in [6, 6.07) is 8.95. The molecule has 0 saturated carbocycles. The van der Waals surface area contributed by atoms with Gasteiger partial charge in [-0.3, -0.25) is 4.79 Å². The van der Waals surface area contributed by atoms with E-state index in [-0.39, 0.29) is 11.9 Å². The van der Waals surface area contributed by atoms with Crippen molar-refractivity contribution in [3.63, 3.8) is 0 Å². The maximum atomic E-state index is 12.1. The third-order valence-corrected chi connectivity index (χ3v) is 3.96. The lowest BCUT2D eigenvalue weighted by Gasteiger charge is -2.13. The zero-order chi connectivity index (χ0) is 13.8. The van der Waals surface area contributed by atoms with Gasteiger partial charge in [0.15, 0.2) is 0 Å². The predicted octanol–water partition coefficient (Wildman–Crippen LogP) is 4.06. The van der Waals surface area contributed by atoms with Crippen molar-refractivity contribution in [2.45, 2.75) is 19.4 Å². The molecule has 3 nitrogen and oxygen atoms in total. The van der Waals surface area contributed by atoms with Gasteiger partial charge in [-0.05, 0) is 47.1 Å². The smallest absolute Gasteiger partial charge is 0.253 e. The fourth-order valence-corrected chi connectivity index (χ4v) is 2.34. The molecule has 0 aliphatic carbocycles. The molecule has 100 valence electrons. The maximum Gasteiger partial charge on any atom is 0.253 e. The average Bonchev–Trinajstić information content (AvgIpc) is 2.85. The first-order valence-electron chi connectivity index (χ1n) is 5.85. The Balaban J connectivity index is 2.02. The van der Waals surface area contributed by atoms with Gasteiger partial charge in [0, 0.05) is 16.9 Å². The predicted molar refractivity (Wildman–Crippen MR) is 78.5 cm³/mol. The molecule has 1 aromatic carbocycles. The summed E-state index contributed by atoms with van der Waals surface area (Å²) in [5.74, 6) is 0.651. The maximum absolute atomic E-state index is 12.1. The Morgan fingerprint density at radius 3 is 2.89 bits per heavy atom. The van der Waals surface area contributed by atoms with Crippen molar-refractivity contribution < 1.29 is 9.21 Å². The van der Waals surface area contributed by atoms with Crippen LogP contribution in [0.5, 0.6) is 0 Å². The first-order chi connectivity index (χ1) is 9.08. The number of hydrogen-bond donors (Lipinski definition) is 1. The van der Waals surface area contributed by atoms with Crippen LogP contribution >= 0.6 is 27.5 Å². The van der Waals surface area contributed by atoms with Crippen LogP contribution < -0.4 is 5.32 Å². The molecule has 0 aliphatic heterocycles. The van der Waals surface area contributed by atoms with Crippen molar-refractivity contribution in [3.8, 4) is 0 Å². The lowest BCUT2D eigenvalue weighted by Crippen LogP contribution is -2.34. The highest BCUT2D eigenvalue weighted by Gasteiger charge is 2.15. The zero-order valence-electron chi connectivity index (χ0n) is 10.3. The van der Waals surface area contributed by atoms with Crippen molar-refractivity contribution in [2.24, 2.45) is 0 Å². The Kier molecular flexibility index (Phi) is 4.66. The van der Waals surface area contributed by atoms with Crippen molar-refractivity contribution in [2.75, 3.05) is 0 Å². The number of carbonyl (C=O) groups excluding carboxylic acids is 1. The van der Waals surface area contributed by atoms with E-state index in [1.54, 1.807) is 24.5 Å². The monoisotopic (exact) mass is 341 g/mol. The van der Waals surface area contributed by atoms with Gasteiger partial charge < -0.3 is 9.73 Å². The molecule has 1 aromatic heterocycles. The Morgan fingerprint density at radius 1 is 1.42 bits per heavy atom. The number of benzene rings is 1. The Morgan fingerprint density at radius 2 is 2.21 bits per heavy atom. The molecule has 1 heterocycles. The summed E-state index contributed by atoms with van der Waals surface area (Å²) in [5, 5.41) is 3.32. The highest BCUT2D eigenvalue weighted by Crippen LogP contribution is 2.25. The van der Waals surface area contributed by atoms with Crippen LogP contribution in [0.4, 0.5) is 0 Å². The van der Waals surface area contributed by atoms with Gasteiger partial charge in [-0.2, -0.15) is 0 Å². The largest absolute Gasteiger partial charge is 0.469 e. The number of rotatable bonds is 4. The lowest BCUT2D eigenvalue weighted by atomic mass is 10.1. The number of hydrogen-bond acceptors (Lipinski definition) is 2. The van der Waals surface area contributed by atoms with Gasteiger partial charge in [0.1, 0.15) is 5.76 Å². The molecule has 1 unspecified atom stereocenters. The minimum Gasteiger partial charge on any atom is -0.469 e. The Bertz CT molecular complexity index is 569. The van der Waals surface area contributed by atoms with Crippen molar-refractivity contribution in [1.82, 2.24) is 5.32 Å². The van der Waals surface area contributed by atoms with Crippen LogP contribution in [0.2, 0.25) is 5.02 Å². The second kappa shape index (κ2) is 6.26. The zero-order valence-corrected chi connectivity index (χ0v) is 12.7. The second-order valence-corrected chi connectivity index (χ2v) is 5.49. The standard InChI is InChI=1S/C14H13BrClNO2/c1-9(8-10-4-3-7-19-10)17-14(18)11-5-2-6-12(15)13(11)16/h2-7,9H,8H2,1H3,(H,17,18). The number of nitrogens with one attached hydrogen (secondary N) is 1. The highest BCUT2D eigenvalue weighted by molar-refractivity contribution is 9.10. The van der Waals surface area contributed by atoms with Crippen LogP contribution in [0, 0.1) is 0 Å². The van der Waals surface area contributed by atoms with E-state index in [2.05, 4.69) is 21.2 Å². The lowest BCUT2D eigenvalue weighted by molar-refractivity contribution is 0.0939. The van der Waals surface area contributed by atoms with Gasteiger partial charge in [-0.25, -0.2) is 0 Å². The van der Waals surface area contributed by atoms with E-state index in [9.17, 15) is 4.79 Å². The van der Waals surface area contributed by atoms with Crippen molar-refractivity contribution >= 4 is 33.4 Å². The van der Waals surface area contributed by atoms with Crippen LogP contribution in [-0.2, 0) is 6.42 Å². The molecule has 5 heteroatoms. The Labute approximate surface area is 125 Å². The fourth-order valence-electron chi connectivity index (χ4n) is 1.76. The summed E-state index contributed by atoms with van der Waals surface area (Å²) < 4.78 is 5.96. The Hall–Kier alpha value is -1.26. The molecule has 0 spiro atoms. The van der Waals surface area contributed by atoms with Gasteiger partial charge >= 0.3 is 0 Å². The molecular weight excluding hydrogens is 330 g/mol. The number of amides is 1. The topological polar surface area (TPSA) is 42.2 Å². The summed E-state index contributed by atoms with van der Waals surface area (Å²) >= 11 is 9.39. The normalized spacial score (nSPS) is 12.2. The molecule has 2 rings (SSSR count). The van der Waals surface area contributed by atoms with Gasteiger partial charge in [0.05, 0.1) is 16.8 Å². The summed E-state index contributed by atoms with van der Waals surface area (Å²) in [6.45, 7) is 1.92. The minimum absolute atomic E-state index is 0.0336. The molecule has 0 fully saturated rings. The van der Waals surface area contributed by atoms with Gasteiger partial charge in [0.2, 0.25) is 0 Å². The second-order valence-electron chi connectivity index (χ2n) is 4.26. The summed E-state index contributed by atoms with van der Waals surface area (Å²) in [4.78, 5) is 12.1. The molecule has 1 amide bonds. The van der Waals surface area contributed by atoms with Gasteiger partial charge in [-0.15, -0.1) is 0 Å². The first-order valence-corrected chi connectivity index (χ1v) is 7.02. The minimum atomic E-state index is -0.189. The molecule has 19 heavy (non-hydrogen) atoms. The molecule has 0 bridgehead atoms. The summed E-state index contributed by atoms with van der Waals surface area (Å²) in [6.07, 6.45) is 2.26. The van der Waals surface area contributed by atoms with E-state index < -0.39 is 0 Å². The molecule has 1 atom stereocenters. The van der Waals surface area contributed by atoms with Crippen molar-refractivity contribution in [3.05, 3.63) is 57.4 Å². The van der Waals surface area contributed by atoms with Crippen LogP contribution in [0.25, 0.3) is 0 Å². The summed E-state index contributed by atoms with van der Waals surface area (Å²) in [5.41, 5.74) is 0.460. The fraction of sp³-hybridized carbons (Fsp3) is 0.214. The molecule has 0 saturated heterocycles. The molecule has 1 N–H and O–H groups in total. The highest BCUT2D eigenvalue weighted by atomic mass is 79.9. The van der Waals surface area contributed by atoms with Gasteiger partial charge in [-0.1, -0.05) is 17.7 Å². The number of furan rings is 1. The third kappa shape index (κ3) is 3.61. The molecule has 2 aromatic rings. The molecular formula is C14H13BrClNO2. The van der Waals surface area contributed by atoms with Crippen LogP contribution in [0.15, 0.2) is 45.5 Å². The first kappa shape index (κ1) is 14.2.